The molecule has 1 aromatic carbocycles. The first-order chi connectivity index (χ1) is 9.58. The van der Waals surface area contributed by atoms with Gasteiger partial charge in [0.1, 0.15) is 5.75 Å². The molecule has 7 nitrogen and oxygen atoms in total. The Kier molecular flexibility index (Phi) is 3.99. The fourth-order valence-electron chi connectivity index (χ4n) is 1.66. The summed E-state index contributed by atoms with van der Waals surface area (Å²) < 4.78 is 0. The molecule has 0 unspecified atom stereocenters. The van der Waals surface area contributed by atoms with Gasteiger partial charge < -0.3 is 10.2 Å². The Hall–Kier alpha value is -2.83. The number of nitrogens with one attached hydrogen (secondary N) is 3. The van der Waals surface area contributed by atoms with Crippen molar-refractivity contribution in [1.82, 2.24) is 15.6 Å². The number of rotatable bonds is 4. The van der Waals surface area contributed by atoms with E-state index in [0.29, 0.717) is 16.8 Å². The molecule has 0 atom stereocenters. The van der Waals surface area contributed by atoms with E-state index in [1.165, 1.54) is 12.3 Å². The van der Waals surface area contributed by atoms with Crippen LogP contribution in [0.4, 0.5) is 0 Å². The smallest absolute Gasteiger partial charge is 0.267 e. The molecule has 0 saturated heterocycles. The van der Waals surface area contributed by atoms with Gasteiger partial charge in [0.05, 0.1) is 12.6 Å². The summed E-state index contributed by atoms with van der Waals surface area (Å²) in [4.78, 5) is 23.0. The number of carbonyl (C=O) groups is 1. The number of nitrogens with zero attached hydrogens (tertiary/aromatic N) is 1. The quantitative estimate of drug-likeness (QED) is 0.478. The number of phenols is 1. The van der Waals surface area contributed by atoms with E-state index in [1.807, 2.05) is 0 Å². The zero-order chi connectivity index (χ0) is 14.5. The summed E-state index contributed by atoms with van der Waals surface area (Å²) >= 11 is 0. The van der Waals surface area contributed by atoms with Gasteiger partial charge in [-0.15, -0.1) is 0 Å². The molecule has 1 heterocycles. The van der Waals surface area contributed by atoms with Gasteiger partial charge in [-0.1, -0.05) is 12.1 Å². The van der Waals surface area contributed by atoms with E-state index in [1.54, 1.807) is 25.1 Å². The van der Waals surface area contributed by atoms with E-state index in [0.717, 1.165) is 0 Å². The lowest BCUT2D eigenvalue weighted by molar-refractivity contribution is -0.120. The van der Waals surface area contributed by atoms with E-state index in [2.05, 4.69) is 20.7 Å². The third-order valence-electron chi connectivity index (χ3n) is 2.76. The average Bonchev–Trinajstić information content (AvgIpc) is 2.73. The van der Waals surface area contributed by atoms with Crippen molar-refractivity contribution in [2.45, 2.75) is 13.3 Å². The molecular formula is C13H14N4O3. The molecule has 0 aliphatic heterocycles. The monoisotopic (exact) mass is 274 g/mol. The summed E-state index contributed by atoms with van der Waals surface area (Å²) in [5.74, 6) is -0.340. The molecule has 7 heteroatoms. The Morgan fingerprint density at radius 2 is 2.15 bits per heavy atom. The van der Waals surface area contributed by atoms with Crippen LogP contribution < -0.4 is 11.0 Å². The lowest BCUT2D eigenvalue weighted by Crippen LogP contribution is -2.23. The molecule has 0 bridgehead atoms. The number of aryl methyl sites for hydroxylation is 1. The average molecular weight is 274 g/mol. The Morgan fingerprint density at radius 3 is 2.80 bits per heavy atom. The molecule has 0 aliphatic rings. The van der Waals surface area contributed by atoms with Gasteiger partial charge in [0.2, 0.25) is 5.91 Å². The fourth-order valence-corrected chi connectivity index (χ4v) is 1.66. The molecule has 0 saturated carbocycles. The molecule has 2 rings (SSSR count). The van der Waals surface area contributed by atoms with Crippen LogP contribution in [0.5, 0.6) is 5.75 Å². The van der Waals surface area contributed by atoms with E-state index in [9.17, 15) is 14.7 Å². The molecular weight excluding hydrogens is 260 g/mol. The standard InChI is InChI=1S/C13H14N4O3/c1-8-10(13(20)17-15-8)6-12(19)16-14-7-9-4-2-3-5-11(9)18/h2-5,7,18H,6H2,1H3,(H,16,19)(H2,15,17,20)/b14-7+. The number of carbonyl (C=O) groups excluding carboxylic acids is 1. The van der Waals surface area contributed by atoms with Crippen LogP contribution in [0.3, 0.4) is 0 Å². The summed E-state index contributed by atoms with van der Waals surface area (Å²) in [5.41, 5.74) is 3.47. The predicted molar refractivity (Wildman–Crippen MR) is 73.7 cm³/mol. The maximum Gasteiger partial charge on any atom is 0.267 e. The number of hydrogen-bond donors (Lipinski definition) is 4. The number of phenolic OH excluding ortho intramolecular Hbond substituents is 1. The molecule has 0 aliphatic carbocycles. The normalized spacial score (nSPS) is 10.8. The van der Waals surface area contributed by atoms with E-state index in [4.69, 9.17) is 0 Å². The van der Waals surface area contributed by atoms with Gasteiger partial charge in [0.15, 0.2) is 0 Å². The first-order valence-corrected chi connectivity index (χ1v) is 5.94. The number of para-hydroxylation sites is 1. The minimum Gasteiger partial charge on any atom is -0.507 e. The van der Waals surface area contributed by atoms with E-state index < -0.39 is 5.91 Å². The second-order valence-corrected chi connectivity index (χ2v) is 4.21. The molecule has 0 fully saturated rings. The Bertz CT molecular complexity index is 700. The largest absolute Gasteiger partial charge is 0.507 e. The van der Waals surface area contributed by atoms with E-state index in [-0.39, 0.29) is 17.7 Å². The third kappa shape index (κ3) is 3.14. The number of aromatic nitrogens is 2. The molecule has 1 aromatic heterocycles. The van der Waals surface area contributed by atoms with Crippen LogP contribution in [0.2, 0.25) is 0 Å². The number of benzene rings is 1. The topological polar surface area (TPSA) is 110 Å². The Labute approximate surface area is 114 Å². The number of hydrogen-bond acceptors (Lipinski definition) is 4. The molecule has 20 heavy (non-hydrogen) atoms. The van der Waals surface area contributed by atoms with Crippen molar-refractivity contribution in [3.8, 4) is 5.75 Å². The number of hydrazone groups is 1. The summed E-state index contributed by atoms with van der Waals surface area (Å²) in [6, 6.07) is 6.61. The molecule has 0 spiro atoms. The van der Waals surface area contributed by atoms with Crippen LogP contribution in [0, 0.1) is 6.92 Å². The number of aromatic amines is 2. The first-order valence-electron chi connectivity index (χ1n) is 5.94. The zero-order valence-electron chi connectivity index (χ0n) is 10.8. The van der Waals surface area contributed by atoms with Gasteiger partial charge in [-0.25, -0.2) is 5.43 Å². The van der Waals surface area contributed by atoms with Crippen molar-refractivity contribution in [2.24, 2.45) is 5.10 Å². The third-order valence-corrected chi connectivity index (χ3v) is 2.76. The fraction of sp³-hybridized carbons (Fsp3) is 0.154. The summed E-state index contributed by atoms with van der Waals surface area (Å²) in [6.07, 6.45) is 1.27. The highest BCUT2D eigenvalue weighted by atomic mass is 16.3. The number of aromatic hydroxyl groups is 1. The van der Waals surface area contributed by atoms with Crippen LogP contribution in [0.1, 0.15) is 16.8 Å². The molecule has 2 aromatic rings. The number of amides is 1. The number of H-pyrrole nitrogens is 2. The minimum atomic E-state index is -0.412. The van der Waals surface area contributed by atoms with Gasteiger partial charge in [0, 0.05) is 16.8 Å². The highest BCUT2D eigenvalue weighted by molar-refractivity contribution is 5.85. The van der Waals surface area contributed by atoms with Gasteiger partial charge >= 0.3 is 0 Å². The van der Waals surface area contributed by atoms with Crippen molar-refractivity contribution in [2.75, 3.05) is 0 Å². The molecule has 104 valence electrons. The molecule has 1 amide bonds. The minimum absolute atomic E-state index is 0.0667. The van der Waals surface area contributed by atoms with Gasteiger partial charge in [-0.2, -0.15) is 5.10 Å². The van der Waals surface area contributed by atoms with Crippen LogP contribution in [-0.4, -0.2) is 27.4 Å². The van der Waals surface area contributed by atoms with Crippen LogP contribution in [0.25, 0.3) is 0 Å². The first kappa shape index (κ1) is 13.6. The Balaban J connectivity index is 1.96. The van der Waals surface area contributed by atoms with Crippen molar-refractivity contribution in [1.29, 1.82) is 0 Å². The molecule has 4 N–H and O–H groups in total. The lowest BCUT2D eigenvalue weighted by atomic mass is 10.2. The van der Waals surface area contributed by atoms with Gasteiger partial charge in [-0.3, -0.25) is 14.7 Å². The van der Waals surface area contributed by atoms with Gasteiger partial charge in [0.25, 0.3) is 5.56 Å². The summed E-state index contributed by atoms with van der Waals surface area (Å²) in [5, 5.41) is 18.3. The Morgan fingerprint density at radius 1 is 1.40 bits per heavy atom. The lowest BCUT2D eigenvalue weighted by Gasteiger charge is -1.99. The van der Waals surface area contributed by atoms with Gasteiger partial charge in [-0.05, 0) is 19.1 Å². The maximum absolute atomic E-state index is 11.6. The second-order valence-electron chi connectivity index (χ2n) is 4.21. The second kappa shape index (κ2) is 5.87. The van der Waals surface area contributed by atoms with E-state index >= 15 is 0 Å². The highest BCUT2D eigenvalue weighted by Gasteiger charge is 2.10. The van der Waals surface area contributed by atoms with Crippen molar-refractivity contribution in [3.63, 3.8) is 0 Å². The van der Waals surface area contributed by atoms with Crippen molar-refractivity contribution < 1.29 is 9.90 Å². The van der Waals surface area contributed by atoms with Crippen LogP contribution in [-0.2, 0) is 11.2 Å². The van der Waals surface area contributed by atoms with Crippen LogP contribution in [0.15, 0.2) is 34.2 Å². The summed E-state index contributed by atoms with van der Waals surface area (Å²) in [7, 11) is 0. The highest BCUT2D eigenvalue weighted by Crippen LogP contribution is 2.12. The maximum atomic E-state index is 11.6. The van der Waals surface area contributed by atoms with Crippen molar-refractivity contribution in [3.05, 3.63) is 51.4 Å². The SMILES string of the molecule is Cc1[nH][nH]c(=O)c1CC(=O)N/N=C/c1ccccc1O. The molecule has 0 radical (unpaired) electrons. The zero-order valence-corrected chi connectivity index (χ0v) is 10.8. The van der Waals surface area contributed by atoms with Crippen LogP contribution >= 0.6 is 0 Å². The van der Waals surface area contributed by atoms with Crippen molar-refractivity contribution >= 4 is 12.1 Å². The summed E-state index contributed by atoms with van der Waals surface area (Å²) in [6.45, 7) is 1.70. The predicted octanol–water partition coefficient (Wildman–Crippen LogP) is 0.410.